The Morgan fingerprint density at radius 3 is 2.61 bits per heavy atom. The highest BCUT2D eigenvalue weighted by atomic mass is 35.5. The highest BCUT2D eigenvalue weighted by molar-refractivity contribution is 7.90. The van der Waals surface area contributed by atoms with E-state index in [4.69, 9.17) is 11.6 Å². The second kappa shape index (κ2) is 5.72. The maximum Gasteiger partial charge on any atom is 0.175 e. The fourth-order valence-electron chi connectivity index (χ4n) is 2.22. The molecule has 5 nitrogen and oxygen atoms in total. The van der Waals surface area contributed by atoms with Gasteiger partial charge in [-0.1, -0.05) is 11.6 Å². The number of phenolic OH excluding ortho intramolecular Hbond substituents is 1. The van der Waals surface area contributed by atoms with Crippen molar-refractivity contribution in [3.63, 3.8) is 0 Å². The maximum absolute atomic E-state index is 11.7. The van der Waals surface area contributed by atoms with Gasteiger partial charge in [-0.05, 0) is 36.4 Å². The van der Waals surface area contributed by atoms with Crippen molar-refractivity contribution in [2.75, 3.05) is 11.6 Å². The lowest BCUT2D eigenvalue weighted by Gasteiger charge is -2.12. The summed E-state index contributed by atoms with van der Waals surface area (Å²) in [6.45, 7) is 0. The van der Waals surface area contributed by atoms with Crippen LogP contribution in [0.2, 0.25) is 5.02 Å². The number of rotatable bonds is 3. The summed E-state index contributed by atoms with van der Waals surface area (Å²) in [7, 11) is -3.32. The van der Waals surface area contributed by atoms with Crippen molar-refractivity contribution in [3.8, 4) is 5.75 Å². The second-order valence-corrected chi connectivity index (χ2v) is 7.52. The van der Waals surface area contributed by atoms with Crippen LogP contribution in [-0.2, 0) is 9.84 Å². The average Bonchev–Trinajstić information content (AvgIpc) is 2.50. The molecule has 2 aromatic carbocycles. The third-order valence-electron chi connectivity index (χ3n) is 3.36. The van der Waals surface area contributed by atoms with Crippen LogP contribution in [0.5, 0.6) is 5.75 Å². The summed E-state index contributed by atoms with van der Waals surface area (Å²) in [6, 6.07) is 11.0. The maximum atomic E-state index is 11.7. The standard InChI is InChI=1S/C16H13ClN2O3S/c1-23(21,22)11-3-5-14-12(9-11)15(6-7-18-14)19-16-8-10(20)2-4-13(16)17/h2-9,20H,1H3,(H,18,19). The van der Waals surface area contributed by atoms with E-state index in [1.54, 1.807) is 30.5 Å². The summed E-state index contributed by atoms with van der Waals surface area (Å²) in [5.74, 6) is 0.0760. The van der Waals surface area contributed by atoms with E-state index in [9.17, 15) is 13.5 Å². The van der Waals surface area contributed by atoms with E-state index < -0.39 is 9.84 Å². The van der Waals surface area contributed by atoms with E-state index in [2.05, 4.69) is 10.3 Å². The third-order valence-corrected chi connectivity index (χ3v) is 4.80. The molecule has 0 saturated heterocycles. The van der Waals surface area contributed by atoms with Crippen molar-refractivity contribution in [3.05, 3.63) is 53.7 Å². The van der Waals surface area contributed by atoms with Gasteiger partial charge in [0.2, 0.25) is 0 Å². The van der Waals surface area contributed by atoms with Gasteiger partial charge in [0.05, 0.1) is 21.1 Å². The Kier molecular flexibility index (Phi) is 3.87. The molecule has 3 aromatic rings. The largest absolute Gasteiger partial charge is 0.508 e. The number of fused-ring (bicyclic) bond motifs is 1. The number of phenols is 1. The summed E-state index contributed by atoms with van der Waals surface area (Å²) >= 11 is 6.12. The van der Waals surface area contributed by atoms with Gasteiger partial charge in [-0.2, -0.15) is 0 Å². The molecule has 1 heterocycles. The van der Waals surface area contributed by atoms with E-state index >= 15 is 0 Å². The SMILES string of the molecule is CS(=O)(=O)c1ccc2nccc(Nc3cc(O)ccc3Cl)c2c1. The van der Waals surface area contributed by atoms with Crippen molar-refractivity contribution in [2.24, 2.45) is 0 Å². The van der Waals surface area contributed by atoms with E-state index in [0.29, 0.717) is 27.3 Å². The first-order valence-electron chi connectivity index (χ1n) is 6.69. The molecule has 0 atom stereocenters. The summed E-state index contributed by atoms with van der Waals surface area (Å²) in [5, 5.41) is 13.8. The number of sulfone groups is 1. The van der Waals surface area contributed by atoms with E-state index in [-0.39, 0.29) is 10.6 Å². The summed E-state index contributed by atoms with van der Waals surface area (Å²) in [4.78, 5) is 4.44. The average molecular weight is 349 g/mol. The van der Waals surface area contributed by atoms with Gasteiger partial charge in [-0.15, -0.1) is 0 Å². The predicted octanol–water partition coefficient (Wildman–Crippen LogP) is 3.74. The molecule has 1 aromatic heterocycles. The van der Waals surface area contributed by atoms with Gasteiger partial charge < -0.3 is 10.4 Å². The number of anilines is 2. The first-order valence-corrected chi connectivity index (χ1v) is 8.96. The minimum atomic E-state index is -3.32. The summed E-state index contributed by atoms with van der Waals surface area (Å²) in [5.41, 5.74) is 1.82. The van der Waals surface area contributed by atoms with Gasteiger partial charge >= 0.3 is 0 Å². The van der Waals surface area contributed by atoms with Gasteiger partial charge in [-0.3, -0.25) is 4.98 Å². The molecule has 0 aliphatic rings. The number of halogens is 1. The van der Waals surface area contributed by atoms with Gasteiger partial charge in [0.15, 0.2) is 9.84 Å². The Bertz CT molecular complexity index is 1000. The number of benzene rings is 2. The number of nitrogens with one attached hydrogen (secondary N) is 1. The molecule has 3 rings (SSSR count). The predicted molar refractivity (Wildman–Crippen MR) is 91.3 cm³/mol. The first kappa shape index (κ1) is 15.6. The van der Waals surface area contributed by atoms with Crippen LogP contribution in [0.15, 0.2) is 53.6 Å². The van der Waals surface area contributed by atoms with Gasteiger partial charge in [0, 0.05) is 29.6 Å². The van der Waals surface area contributed by atoms with Crippen LogP contribution in [0.3, 0.4) is 0 Å². The normalized spacial score (nSPS) is 11.6. The minimum Gasteiger partial charge on any atom is -0.508 e. The zero-order valence-corrected chi connectivity index (χ0v) is 13.7. The topological polar surface area (TPSA) is 79.3 Å². The van der Waals surface area contributed by atoms with Crippen LogP contribution in [0.1, 0.15) is 0 Å². The van der Waals surface area contributed by atoms with Gasteiger partial charge in [0.25, 0.3) is 0 Å². The molecule has 0 radical (unpaired) electrons. The lowest BCUT2D eigenvalue weighted by Crippen LogP contribution is -1.98. The fraction of sp³-hybridized carbons (Fsp3) is 0.0625. The number of hydrogen-bond donors (Lipinski definition) is 2. The van der Waals surface area contributed by atoms with Crippen LogP contribution in [-0.4, -0.2) is 24.8 Å². The monoisotopic (exact) mass is 348 g/mol. The molecule has 0 aliphatic carbocycles. The Labute approximate surface area is 138 Å². The Morgan fingerprint density at radius 2 is 1.87 bits per heavy atom. The molecule has 2 N–H and O–H groups in total. The van der Waals surface area contributed by atoms with Crippen LogP contribution in [0.25, 0.3) is 10.9 Å². The Morgan fingerprint density at radius 1 is 1.09 bits per heavy atom. The zero-order chi connectivity index (χ0) is 16.6. The first-order chi connectivity index (χ1) is 10.8. The Balaban J connectivity index is 2.15. The highest BCUT2D eigenvalue weighted by Gasteiger charge is 2.11. The van der Waals surface area contributed by atoms with E-state index in [1.807, 2.05) is 0 Å². The molecule has 0 spiro atoms. The lowest BCUT2D eigenvalue weighted by atomic mass is 10.2. The van der Waals surface area contributed by atoms with Crippen molar-refractivity contribution in [2.45, 2.75) is 4.90 Å². The van der Waals surface area contributed by atoms with Crippen LogP contribution >= 0.6 is 11.6 Å². The molecular weight excluding hydrogens is 336 g/mol. The molecular formula is C16H13ClN2O3S. The molecule has 0 unspecified atom stereocenters. The molecule has 118 valence electrons. The summed E-state index contributed by atoms with van der Waals surface area (Å²) < 4.78 is 23.5. The minimum absolute atomic E-state index is 0.0760. The van der Waals surface area contributed by atoms with Gasteiger partial charge in [0.1, 0.15) is 5.75 Å². The smallest absolute Gasteiger partial charge is 0.175 e. The number of pyridine rings is 1. The van der Waals surface area contributed by atoms with Crippen molar-refractivity contribution < 1.29 is 13.5 Å². The number of nitrogens with zero attached hydrogens (tertiary/aromatic N) is 1. The van der Waals surface area contributed by atoms with Crippen molar-refractivity contribution >= 4 is 43.7 Å². The molecule has 0 aliphatic heterocycles. The van der Waals surface area contributed by atoms with Crippen LogP contribution < -0.4 is 5.32 Å². The molecule has 23 heavy (non-hydrogen) atoms. The van der Waals surface area contributed by atoms with Crippen molar-refractivity contribution in [1.82, 2.24) is 4.98 Å². The van der Waals surface area contributed by atoms with E-state index in [1.165, 1.54) is 18.2 Å². The molecule has 7 heteroatoms. The highest BCUT2D eigenvalue weighted by Crippen LogP contribution is 2.32. The lowest BCUT2D eigenvalue weighted by molar-refractivity contribution is 0.475. The number of aromatic nitrogens is 1. The van der Waals surface area contributed by atoms with E-state index in [0.717, 1.165) is 6.26 Å². The molecule has 0 bridgehead atoms. The number of hydrogen-bond acceptors (Lipinski definition) is 5. The van der Waals surface area contributed by atoms with Crippen LogP contribution in [0.4, 0.5) is 11.4 Å². The zero-order valence-electron chi connectivity index (χ0n) is 12.1. The van der Waals surface area contributed by atoms with Gasteiger partial charge in [-0.25, -0.2) is 8.42 Å². The fourth-order valence-corrected chi connectivity index (χ4v) is 3.03. The second-order valence-electron chi connectivity index (χ2n) is 5.10. The molecule has 0 fully saturated rings. The quantitative estimate of drug-likeness (QED) is 0.753. The van der Waals surface area contributed by atoms with Crippen molar-refractivity contribution in [1.29, 1.82) is 0 Å². The third kappa shape index (κ3) is 3.23. The molecule has 0 amide bonds. The number of aromatic hydroxyl groups is 1. The summed E-state index contributed by atoms with van der Waals surface area (Å²) in [6.07, 6.45) is 2.77. The Hall–Kier alpha value is -2.31. The molecule has 0 saturated carbocycles. The van der Waals surface area contributed by atoms with Crippen LogP contribution in [0, 0.1) is 0 Å².